The van der Waals surface area contributed by atoms with Crippen LogP contribution in [0.4, 0.5) is 0 Å². The second-order valence-electron chi connectivity index (χ2n) is 6.94. The number of piperazine rings is 1. The molecule has 1 saturated heterocycles. The molecule has 3 unspecified atom stereocenters. The summed E-state index contributed by atoms with van der Waals surface area (Å²) in [6.45, 7) is 2.62. The number of rotatable bonds is 4. The van der Waals surface area contributed by atoms with E-state index in [1.54, 1.807) is 0 Å². The number of hydrogen-bond donors (Lipinski definition) is 1. The van der Waals surface area contributed by atoms with Crippen molar-refractivity contribution >= 4 is 5.91 Å². The molecule has 2 fully saturated rings. The Morgan fingerprint density at radius 3 is 2.50 bits per heavy atom. The van der Waals surface area contributed by atoms with E-state index in [9.17, 15) is 4.79 Å². The first-order valence-corrected chi connectivity index (χ1v) is 8.93. The van der Waals surface area contributed by atoms with Crippen LogP contribution in [-0.4, -0.2) is 36.5 Å². The lowest BCUT2D eigenvalue weighted by Crippen LogP contribution is -2.55. The van der Waals surface area contributed by atoms with Gasteiger partial charge in [-0.1, -0.05) is 60.7 Å². The first-order chi connectivity index (χ1) is 11.8. The van der Waals surface area contributed by atoms with E-state index in [1.165, 1.54) is 11.1 Å². The molecule has 0 radical (unpaired) electrons. The number of nitrogens with zero attached hydrogens (tertiary/aromatic N) is 1. The second kappa shape index (κ2) is 6.78. The number of hydrogen-bond acceptors (Lipinski definition) is 2. The summed E-state index contributed by atoms with van der Waals surface area (Å²) in [7, 11) is 0. The fraction of sp³-hybridized carbons (Fsp3) is 0.381. The van der Waals surface area contributed by atoms with Crippen LogP contribution >= 0.6 is 0 Å². The molecule has 0 bridgehead atoms. The fourth-order valence-electron chi connectivity index (χ4n) is 3.87. The quantitative estimate of drug-likeness (QED) is 0.939. The molecule has 1 aliphatic carbocycles. The standard InChI is InChI=1S/C21H24N2O/c24-21(20-14-19(20)17-9-5-2-6-10-17)23-12-11-22-15-18(23)13-16-7-3-1-4-8-16/h1-10,18-20,22H,11-15H2. The van der Waals surface area contributed by atoms with Gasteiger partial charge in [0.1, 0.15) is 0 Å². The van der Waals surface area contributed by atoms with E-state index in [0.29, 0.717) is 11.8 Å². The molecule has 124 valence electrons. The Balaban J connectivity index is 1.44. The van der Waals surface area contributed by atoms with Crippen LogP contribution in [0.2, 0.25) is 0 Å². The van der Waals surface area contributed by atoms with Gasteiger partial charge in [0.2, 0.25) is 5.91 Å². The van der Waals surface area contributed by atoms with Crippen LogP contribution in [0.25, 0.3) is 0 Å². The molecule has 1 heterocycles. The van der Waals surface area contributed by atoms with E-state index >= 15 is 0 Å². The average molecular weight is 320 g/mol. The van der Waals surface area contributed by atoms with Crippen molar-refractivity contribution in [3.63, 3.8) is 0 Å². The zero-order valence-corrected chi connectivity index (χ0v) is 13.9. The summed E-state index contributed by atoms with van der Waals surface area (Å²) in [5.41, 5.74) is 2.62. The minimum Gasteiger partial charge on any atom is -0.337 e. The normalized spacial score (nSPS) is 26.2. The third-order valence-electron chi connectivity index (χ3n) is 5.28. The van der Waals surface area contributed by atoms with Crippen LogP contribution in [0.1, 0.15) is 23.5 Å². The number of amides is 1. The molecule has 2 aromatic carbocycles. The van der Waals surface area contributed by atoms with Crippen molar-refractivity contribution in [1.82, 2.24) is 10.2 Å². The highest BCUT2D eigenvalue weighted by molar-refractivity contribution is 5.83. The summed E-state index contributed by atoms with van der Waals surface area (Å²) < 4.78 is 0. The van der Waals surface area contributed by atoms with Crippen molar-refractivity contribution in [3.05, 3.63) is 71.8 Å². The molecule has 3 nitrogen and oxygen atoms in total. The van der Waals surface area contributed by atoms with Crippen LogP contribution in [0, 0.1) is 5.92 Å². The lowest BCUT2D eigenvalue weighted by Gasteiger charge is -2.36. The maximum Gasteiger partial charge on any atom is 0.226 e. The Hall–Kier alpha value is -2.13. The molecular weight excluding hydrogens is 296 g/mol. The van der Waals surface area contributed by atoms with Gasteiger partial charge in [-0.25, -0.2) is 0 Å². The Kier molecular flexibility index (Phi) is 4.35. The van der Waals surface area contributed by atoms with Crippen molar-refractivity contribution in [3.8, 4) is 0 Å². The molecular formula is C21H24N2O. The van der Waals surface area contributed by atoms with E-state index in [-0.39, 0.29) is 12.0 Å². The number of carbonyl (C=O) groups excluding carboxylic acids is 1. The van der Waals surface area contributed by atoms with Crippen LogP contribution in [0.5, 0.6) is 0 Å². The van der Waals surface area contributed by atoms with Crippen LogP contribution in [0.3, 0.4) is 0 Å². The van der Waals surface area contributed by atoms with E-state index in [2.05, 4.69) is 58.7 Å². The topological polar surface area (TPSA) is 32.3 Å². The zero-order chi connectivity index (χ0) is 16.4. The largest absolute Gasteiger partial charge is 0.337 e. The van der Waals surface area contributed by atoms with E-state index in [0.717, 1.165) is 32.5 Å². The summed E-state index contributed by atoms with van der Waals surface area (Å²) in [6, 6.07) is 21.2. The van der Waals surface area contributed by atoms with Crippen LogP contribution in [0.15, 0.2) is 60.7 Å². The summed E-state index contributed by atoms with van der Waals surface area (Å²) in [6.07, 6.45) is 1.94. The fourth-order valence-corrected chi connectivity index (χ4v) is 3.87. The molecule has 24 heavy (non-hydrogen) atoms. The van der Waals surface area contributed by atoms with Gasteiger partial charge in [0.25, 0.3) is 0 Å². The molecule has 1 aliphatic heterocycles. The minimum atomic E-state index is 0.184. The van der Waals surface area contributed by atoms with E-state index in [1.807, 2.05) is 12.1 Å². The number of carbonyl (C=O) groups is 1. The predicted octanol–water partition coefficient (Wildman–Crippen LogP) is 2.83. The zero-order valence-electron chi connectivity index (χ0n) is 13.9. The maximum atomic E-state index is 13.0. The molecule has 1 N–H and O–H groups in total. The molecule has 0 spiro atoms. The maximum absolute atomic E-state index is 13.0. The second-order valence-corrected chi connectivity index (χ2v) is 6.94. The SMILES string of the molecule is O=C(C1CC1c1ccccc1)N1CCNCC1Cc1ccccc1. The van der Waals surface area contributed by atoms with Gasteiger partial charge in [0.05, 0.1) is 0 Å². The van der Waals surface area contributed by atoms with Gasteiger partial charge in [-0.3, -0.25) is 4.79 Å². The molecule has 1 amide bonds. The van der Waals surface area contributed by atoms with Crippen LogP contribution < -0.4 is 5.32 Å². The van der Waals surface area contributed by atoms with Gasteiger partial charge in [-0.15, -0.1) is 0 Å². The van der Waals surface area contributed by atoms with Gasteiger partial charge in [0, 0.05) is 31.6 Å². The molecule has 1 saturated carbocycles. The number of benzene rings is 2. The molecule has 3 heteroatoms. The summed E-state index contributed by atoms with van der Waals surface area (Å²) in [5.74, 6) is 0.959. The predicted molar refractivity (Wildman–Crippen MR) is 95.8 cm³/mol. The smallest absolute Gasteiger partial charge is 0.226 e. The molecule has 3 atom stereocenters. The third kappa shape index (κ3) is 3.22. The average Bonchev–Trinajstić information content (AvgIpc) is 3.44. The van der Waals surface area contributed by atoms with Crippen molar-refractivity contribution in [2.75, 3.05) is 19.6 Å². The van der Waals surface area contributed by atoms with Gasteiger partial charge in [0.15, 0.2) is 0 Å². The van der Waals surface area contributed by atoms with Crippen molar-refractivity contribution in [2.24, 2.45) is 5.92 Å². The van der Waals surface area contributed by atoms with E-state index < -0.39 is 0 Å². The highest BCUT2D eigenvalue weighted by Gasteiger charge is 2.47. The summed E-state index contributed by atoms with van der Waals surface area (Å²) in [4.78, 5) is 15.2. The lowest BCUT2D eigenvalue weighted by molar-refractivity contribution is -0.135. The summed E-state index contributed by atoms with van der Waals surface area (Å²) in [5, 5.41) is 3.45. The first-order valence-electron chi connectivity index (χ1n) is 8.93. The Bertz CT molecular complexity index is 685. The molecule has 0 aromatic heterocycles. The highest BCUT2D eigenvalue weighted by atomic mass is 16.2. The van der Waals surface area contributed by atoms with Gasteiger partial charge >= 0.3 is 0 Å². The highest BCUT2D eigenvalue weighted by Crippen LogP contribution is 2.48. The van der Waals surface area contributed by atoms with Crippen molar-refractivity contribution < 1.29 is 4.79 Å². The van der Waals surface area contributed by atoms with Gasteiger partial charge in [-0.05, 0) is 29.9 Å². The Morgan fingerprint density at radius 2 is 1.75 bits per heavy atom. The third-order valence-corrected chi connectivity index (χ3v) is 5.28. The van der Waals surface area contributed by atoms with Gasteiger partial charge < -0.3 is 10.2 Å². The Morgan fingerprint density at radius 1 is 1.04 bits per heavy atom. The first kappa shape index (κ1) is 15.4. The molecule has 4 rings (SSSR count). The minimum absolute atomic E-state index is 0.184. The number of nitrogens with one attached hydrogen (secondary N) is 1. The lowest BCUT2D eigenvalue weighted by atomic mass is 10.0. The molecule has 2 aromatic rings. The Labute approximate surface area is 143 Å². The van der Waals surface area contributed by atoms with Crippen LogP contribution in [-0.2, 0) is 11.2 Å². The van der Waals surface area contributed by atoms with Gasteiger partial charge in [-0.2, -0.15) is 0 Å². The summed E-state index contributed by atoms with van der Waals surface area (Å²) >= 11 is 0. The van der Waals surface area contributed by atoms with Crippen molar-refractivity contribution in [2.45, 2.75) is 24.8 Å². The monoisotopic (exact) mass is 320 g/mol. The van der Waals surface area contributed by atoms with E-state index in [4.69, 9.17) is 0 Å². The van der Waals surface area contributed by atoms with Crippen molar-refractivity contribution in [1.29, 1.82) is 0 Å². The molecule has 2 aliphatic rings.